The maximum absolute atomic E-state index is 11.3. The van der Waals surface area contributed by atoms with E-state index in [-0.39, 0.29) is 16.3 Å². The van der Waals surface area contributed by atoms with Crippen molar-refractivity contribution < 1.29 is 13.2 Å². The van der Waals surface area contributed by atoms with Crippen LogP contribution >= 0.6 is 11.5 Å². The lowest BCUT2D eigenvalue weighted by Gasteiger charge is -1.97. The number of carbonyl (C=O) groups is 1. The molecule has 5 nitrogen and oxygen atoms in total. The summed E-state index contributed by atoms with van der Waals surface area (Å²) in [7, 11) is -3.70. The Hall–Kier alpha value is -0.950. The van der Waals surface area contributed by atoms with Gasteiger partial charge in [-0.3, -0.25) is 4.79 Å². The zero-order valence-corrected chi connectivity index (χ0v) is 8.48. The van der Waals surface area contributed by atoms with E-state index in [1.807, 2.05) is 0 Å². The molecular formula is C6H8N2O3S2. The summed E-state index contributed by atoms with van der Waals surface area (Å²) in [5.74, 6) is -0.221. The summed E-state index contributed by atoms with van der Waals surface area (Å²) in [5, 5.41) is -0.803. The van der Waals surface area contributed by atoms with Crippen LogP contribution in [0.1, 0.15) is 17.3 Å². The van der Waals surface area contributed by atoms with E-state index in [0.29, 0.717) is 0 Å². The van der Waals surface area contributed by atoms with Gasteiger partial charge in [0, 0.05) is 0 Å². The molecule has 0 fully saturated rings. The number of aromatic nitrogens is 1. The summed E-state index contributed by atoms with van der Waals surface area (Å²) in [4.78, 5) is 11.3. The molecule has 0 aliphatic rings. The summed E-state index contributed by atoms with van der Waals surface area (Å²) in [6.07, 6.45) is 1.18. The molecule has 13 heavy (non-hydrogen) atoms. The molecule has 0 unspecified atom stereocenters. The van der Waals surface area contributed by atoms with Crippen LogP contribution in [0.15, 0.2) is 6.20 Å². The second kappa shape index (κ2) is 3.43. The second-order valence-corrected chi connectivity index (χ2v) is 5.31. The molecule has 0 spiro atoms. The first-order valence-corrected chi connectivity index (χ1v) is 5.89. The minimum atomic E-state index is -3.70. The summed E-state index contributed by atoms with van der Waals surface area (Å²) < 4.78 is 25.9. The van der Waals surface area contributed by atoms with Crippen molar-refractivity contribution in [1.29, 1.82) is 0 Å². The van der Waals surface area contributed by atoms with Crippen molar-refractivity contribution in [2.24, 2.45) is 0 Å². The zero-order chi connectivity index (χ0) is 10.1. The molecule has 0 saturated heterocycles. The highest BCUT2D eigenvalue weighted by molar-refractivity contribution is 8.06. The molecule has 0 amide bonds. The number of rotatable bonds is 2. The molecule has 1 heterocycles. The Morgan fingerprint density at radius 3 is 2.69 bits per heavy atom. The van der Waals surface area contributed by atoms with Gasteiger partial charge in [0.1, 0.15) is 5.00 Å². The minimum Gasteiger partial charge on any atom is -0.389 e. The van der Waals surface area contributed by atoms with Gasteiger partial charge in [-0.25, -0.2) is 8.42 Å². The van der Waals surface area contributed by atoms with Crippen LogP contribution in [-0.2, 0) is 9.84 Å². The monoisotopic (exact) mass is 220 g/mol. The Labute approximate surface area is 79.7 Å². The molecule has 0 bridgehead atoms. The molecule has 0 saturated carbocycles. The second-order valence-electron chi connectivity index (χ2n) is 2.29. The van der Waals surface area contributed by atoms with E-state index < -0.39 is 15.0 Å². The number of nitrogens with two attached hydrogens (primary N) is 1. The van der Waals surface area contributed by atoms with Gasteiger partial charge in [-0.1, -0.05) is 6.92 Å². The summed E-state index contributed by atoms with van der Waals surface area (Å²) in [6, 6.07) is 0. The number of nitrogens with zero attached hydrogens (tertiary/aromatic N) is 1. The SMILES string of the molecule is CCS(=O)(=O)C(=O)c1cnsc1N. The molecular weight excluding hydrogens is 212 g/mol. The Morgan fingerprint density at radius 1 is 1.69 bits per heavy atom. The quantitative estimate of drug-likeness (QED) is 0.774. The molecule has 7 heteroatoms. The first-order valence-electron chi connectivity index (χ1n) is 3.46. The van der Waals surface area contributed by atoms with Gasteiger partial charge in [0.25, 0.3) is 5.12 Å². The third-order valence-corrected chi connectivity index (χ3v) is 3.65. The molecule has 1 rings (SSSR count). The first kappa shape index (κ1) is 10.1. The fourth-order valence-electron chi connectivity index (χ4n) is 0.701. The van der Waals surface area contributed by atoms with Crippen LogP contribution < -0.4 is 5.73 Å². The number of hydrogen-bond acceptors (Lipinski definition) is 6. The number of hydrogen-bond donors (Lipinski definition) is 1. The fourth-order valence-corrected chi connectivity index (χ4v) is 2.04. The summed E-state index contributed by atoms with van der Waals surface area (Å²) in [6.45, 7) is 1.41. The van der Waals surface area contributed by atoms with E-state index in [2.05, 4.69) is 4.37 Å². The van der Waals surface area contributed by atoms with E-state index in [0.717, 1.165) is 11.5 Å². The Bertz CT molecular complexity index is 421. The van der Waals surface area contributed by atoms with E-state index in [4.69, 9.17) is 5.73 Å². The highest BCUT2D eigenvalue weighted by Gasteiger charge is 2.24. The van der Waals surface area contributed by atoms with Crippen LogP contribution in [0.3, 0.4) is 0 Å². The van der Waals surface area contributed by atoms with Crippen LogP contribution in [-0.4, -0.2) is 23.7 Å². The van der Waals surface area contributed by atoms with E-state index in [1.54, 1.807) is 0 Å². The van der Waals surface area contributed by atoms with Gasteiger partial charge in [0.2, 0.25) is 9.84 Å². The van der Waals surface area contributed by atoms with Crippen LogP contribution in [0.2, 0.25) is 0 Å². The molecule has 0 radical (unpaired) electrons. The third-order valence-electron chi connectivity index (χ3n) is 1.48. The van der Waals surface area contributed by atoms with Crippen LogP contribution in [0.5, 0.6) is 0 Å². The van der Waals surface area contributed by atoms with Gasteiger partial charge in [0.05, 0.1) is 17.5 Å². The fraction of sp³-hybridized carbons (Fsp3) is 0.333. The van der Waals surface area contributed by atoms with E-state index >= 15 is 0 Å². The molecule has 1 aromatic heterocycles. The maximum atomic E-state index is 11.3. The van der Waals surface area contributed by atoms with E-state index in [9.17, 15) is 13.2 Å². The number of nitrogen functional groups attached to an aromatic ring is 1. The van der Waals surface area contributed by atoms with Crippen molar-refractivity contribution in [2.75, 3.05) is 11.5 Å². The Kier molecular flexibility index (Phi) is 2.67. The van der Waals surface area contributed by atoms with Gasteiger partial charge < -0.3 is 5.73 Å². The maximum Gasteiger partial charge on any atom is 0.281 e. The number of sulfone groups is 1. The predicted octanol–water partition coefficient (Wildman–Crippen LogP) is 0.300. The van der Waals surface area contributed by atoms with Gasteiger partial charge in [-0.2, -0.15) is 4.37 Å². The lowest BCUT2D eigenvalue weighted by atomic mass is 10.4. The molecule has 0 atom stereocenters. The predicted molar refractivity (Wildman–Crippen MR) is 50.3 cm³/mol. The zero-order valence-electron chi connectivity index (χ0n) is 6.85. The normalized spacial score (nSPS) is 11.5. The lowest BCUT2D eigenvalue weighted by molar-refractivity contribution is 0.107. The van der Waals surface area contributed by atoms with Crippen molar-refractivity contribution in [3.8, 4) is 0 Å². The molecule has 2 N–H and O–H groups in total. The van der Waals surface area contributed by atoms with Crippen LogP contribution in [0.4, 0.5) is 5.00 Å². The average molecular weight is 220 g/mol. The Balaban J connectivity index is 3.14. The lowest BCUT2D eigenvalue weighted by Crippen LogP contribution is -2.17. The van der Waals surface area contributed by atoms with Crippen LogP contribution in [0, 0.1) is 0 Å². The minimum absolute atomic E-state index is 0.0214. The smallest absolute Gasteiger partial charge is 0.281 e. The topological polar surface area (TPSA) is 90.1 Å². The molecule has 0 aromatic carbocycles. The van der Waals surface area contributed by atoms with Gasteiger partial charge in [-0.05, 0) is 11.5 Å². The van der Waals surface area contributed by atoms with Crippen molar-refractivity contribution in [3.05, 3.63) is 11.8 Å². The highest BCUT2D eigenvalue weighted by Crippen LogP contribution is 2.18. The van der Waals surface area contributed by atoms with E-state index in [1.165, 1.54) is 13.1 Å². The van der Waals surface area contributed by atoms with Crippen LogP contribution in [0.25, 0.3) is 0 Å². The molecule has 1 aromatic rings. The Morgan fingerprint density at radius 2 is 2.31 bits per heavy atom. The van der Waals surface area contributed by atoms with Gasteiger partial charge in [-0.15, -0.1) is 0 Å². The third kappa shape index (κ3) is 1.86. The largest absolute Gasteiger partial charge is 0.389 e. The summed E-state index contributed by atoms with van der Waals surface area (Å²) in [5.41, 5.74) is 5.34. The number of anilines is 1. The average Bonchev–Trinajstić information content (AvgIpc) is 2.50. The van der Waals surface area contributed by atoms with Gasteiger partial charge >= 0.3 is 0 Å². The van der Waals surface area contributed by atoms with Crippen molar-refractivity contribution in [3.63, 3.8) is 0 Å². The highest BCUT2D eigenvalue weighted by atomic mass is 32.2. The van der Waals surface area contributed by atoms with Crippen molar-refractivity contribution in [2.45, 2.75) is 6.92 Å². The van der Waals surface area contributed by atoms with Crippen molar-refractivity contribution in [1.82, 2.24) is 4.37 Å². The van der Waals surface area contributed by atoms with Gasteiger partial charge in [0.15, 0.2) is 0 Å². The number of carbonyl (C=O) groups excluding carboxylic acids is 1. The first-order chi connectivity index (χ1) is 5.99. The molecule has 72 valence electrons. The van der Waals surface area contributed by atoms with Crippen molar-refractivity contribution >= 4 is 31.5 Å². The summed E-state index contributed by atoms with van der Waals surface area (Å²) >= 11 is 0.902. The molecule has 0 aliphatic carbocycles. The molecule has 0 aliphatic heterocycles. The standard InChI is InChI=1S/C6H8N2O3S2/c1-2-13(10,11)6(9)4-3-8-12-5(4)7/h3H,2,7H2,1H3.